The fourth-order valence-corrected chi connectivity index (χ4v) is 1.37. The van der Waals surface area contributed by atoms with E-state index in [4.69, 9.17) is 0 Å². The van der Waals surface area contributed by atoms with E-state index in [1.54, 1.807) is 0 Å². The Morgan fingerprint density at radius 3 is 1.88 bits per heavy atom. The van der Waals surface area contributed by atoms with Crippen molar-refractivity contribution in [3.63, 3.8) is 0 Å². The molecule has 1 amide bonds. The third-order valence-electron chi connectivity index (χ3n) is 2.61. The summed E-state index contributed by atoms with van der Waals surface area (Å²) in [7, 11) is 2.48. The molecular formula is C11H17NO5. The normalized spacial score (nSPS) is 14.0. The monoisotopic (exact) mass is 243 g/mol. The number of ether oxygens (including phenoxy) is 2. The number of rotatable bonds is 6. The van der Waals surface area contributed by atoms with E-state index >= 15 is 0 Å². The van der Waals surface area contributed by atoms with Crippen molar-refractivity contribution in [3.8, 4) is 0 Å². The van der Waals surface area contributed by atoms with Gasteiger partial charge in [0.15, 0.2) is 0 Å². The highest BCUT2D eigenvalue weighted by Gasteiger charge is 2.29. The molecule has 0 aromatic carbocycles. The van der Waals surface area contributed by atoms with Gasteiger partial charge in [-0.25, -0.2) is 0 Å². The van der Waals surface area contributed by atoms with Gasteiger partial charge in [0.2, 0.25) is 5.91 Å². The van der Waals surface area contributed by atoms with Gasteiger partial charge < -0.3 is 14.4 Å². The van der Waals surface area contributed by atoms with E-state index < -0.39 is 11.9 Å². The molecule has 1 aliphatic carbocycles. The lowest BCUT2D eigenvalue weighted by atomic mass is 10.2. The molecule has 0 heterocycles. The van der Waals surface area contributed by atoms with Crippen LogP contribution in [-0.4, -0.2) is 50.1 Å². The van der Waals surface area contributed by atoms with Crippen molar-refractivity contribution in [1.82, 2.24) is 4.90 Å². The molecule has 0 N–H and O–H groups in total. The summed E-state index contributed by atoms with van der Waals surface area (Å²) >= 11 is 0. The zero-order chi connectivity index (χ0) is 12.8. The van der Waals surface area contributed by atoms with E-state index in [1.807, 2.05) is 0 Å². The highest BCUT2D eigenvalue weighted by atomic mass is 16.5. The highest BCUT2D eigenvalue weighted by molar-refractivity contribution is 5.86. The van der Waals surface area contributed by atoms with Crippen molar-refractivity contribution in [2.75, 3.05) is 27.3 Å². The molecule has 0 bridgehead atoms. The lowest BCUT2D eigenvalue weighted by molar-refractivity contribution is -0.152. The van der Waals surface area contributed by atoms with Crippen molar-refractivity contribution < 1.29 is 23.9 Å². The summed E-state index contributed by atoms with van der Waals surface area (Å²) in [6, 6.07) is 0. The minimum Gasteiger partial charge on any atom is -0.468 e. The van der Waals surface area contributed by atoms with Crippen molar-refractivity contribution in [1.29, 1.82) is 0 Å². The molecular weight excluding hydrogens is 226 g/mol. The van der Waals surface area contributed by atoms with Gasteiger partial charge in [-0.15, -0.1) is 0 Å². The summed E-state index contributed by atoms with van der Waals surface area (Å²) < 4.78 is 8.96. The van der Waals surface area contributed by atoms with Gasteiger partial charge in [-0.2, -0.15) is 0 Å². The zero-order valence-electron chi connectivity index (χ0n) is 10.1. The molecule has 6 heteroatoms. The molecule has 0 aromatic rings. The topological polar surface area (TPSA) is 72.9 Å². The van der Waals surface area contributed by atoms with Crippen LogP contribution in [-0.2, 0) is 23.9 Å². The molecule has 1 fully saturated rings. The number of carbonyl (C=O) groups excluding carboxylic acids is 3. The maximum atomic E-state index is 11.8. The lowest BCUT2D eigenvalue weighted by Gasteiger charge is -2.19. The third-order valence-corrected chi connectivity index (χ3v) is 2.61. The molecule has 0 saturated heterocycles. The Morgan fingerprint density at radius 2 is 1.53 bits per heavy atom. The predicted octanol–water partition coefficient (Wildman–Crippen LogP) is -0.0389. The molecule has 96 valence electrons. The fourth-order valence-electron chi connectivity index (χ4n) is 1.37. The summed E-state index contributed by atoms with van der Waals surface area (Å²) in [5, 5.41) is 0. The Kier molecular flexibility index (Phi) is 4.93. The van der Waals surface area contributed by atoms with Crippen LogP contribution in [0.5, 0.6) is 0 Å². The first-order chi connectivity index (χ1) is 8.06. The first-order valence-corrected chi connectivity index (χ1v) is 5.48. The van der Waals surface area contributed by atoms with Gasteiger partial charge in [0.25, 0.3) is 0 Å². The van der Waals surface area contributed by atoms with Gasteiger partial charge in [-0.1, -0.05) is 0 Å². The van der Waals surface area contributed by atoms with E-state index in [9.17, 15) is 14.4 Å². The van der Waals surface area contributed by atoms with Crippen LogP contribution in [0.25, 0.3) is 0 Å². The van der Waals surface area contributed by atoms with E-state index in [0.717, 1.165) is 12.8 Å². The van der Waals surface area contributed by atoms with Crippen molar-refractivity contribution >= 4 is 17.8 Å². The van der Waals surface area contributed by atoms with Crippen LogP contribution < -0.4 is 0 Å². The molecule has 0 spiro atoms. The van der Waals surface area contributed by atoms with Crippen LogP contribution in [0.2, 0.25) is 0 Å². The Bertz CT molecular complexity index is 293. The second-order valence-electron chi connectivity index (χ2n) is 4.05. The Morgan fingerprint density at radius 1 is 1.06 bits per heavy atom. The molecule has 0 aliphatic heterocycles. The van der Waals surface area contributed by atoms with E-state index in [1.165, 1.54) is 19.1 Å². The number of hydrogen-bond donors (Lipinski definition) is 0. The van der Waals surface area contributed by atoms with Gasteiger partial charge in [0.1, 0.15) is 13.1 Å². The maximum absolute atomic E-state index is 11.8. The number of esters is 2. The van der Waals surface area contributed by atoms with E-state index in [2.05, 4.69) is 9.47 Å². The average Bonchev–Trinajstić information content (AvgIpc) is 3.11. The first kappa shape index (κ1) is 13.5. The summed E-state index contributed by atoms with van der Waals surface area (Å²) in [6.45, 7) is -0.422. The van der Waals surface area contributed by atoms with Crippen molar-refractivity contribution in [2.45, 2.75) is 19.3 Å². The molecule has 1 saturated carbocycles. The van der Waals surface area contributed by atoms with Gasteiger partial charge in [-0.3, -0.25) is 14.4 Å². The largest absolute Gasteiger partial charge is 0.468 e. The Labute approximate surface area is 99.9 Å². The molecule has 1 aliphatic rings. The smallest absolute Gasteiger partial charge is 0.325 e. The number of methoxy groups -OCH3 is 2. The number of nitrogens with zero attached hydrogens (tertiary/aromatic N) is 1. The molecule has 0 aromatic heterocycles. The van der Waals surface area contributed by atoms with Crippen LogP contribution in [0.3, 0.4) is 0 Å². The van der Waals surface area contributed by atoms with Crippen molar-refractivity contribution in [2.24, 2.45) is 5.92 Å². The molecule has 0 radical (unpaired) electrons. The number of hydrogen-bond acceptors (Lipinski definition) is 5. The highest BCUT2D eigenvalue weighted by Crippen LogP contribution is 2.32. The Balaban J connectivity index is 2.52. The van der Waals surface area contributed by atoms with Crippen LogP contribution >= 0.6 is 0 Å². The molecule has 0 atom stereocenters. The minimum absolute atomic E-state index is 0.205. The minimum atomic E-state index is -0.543. The van der Waals surface area contributed by atoms with E-state index in [-0.39, 0.29) is 19.0 Å². The molecule has 0 unspecified atom stereocenters. The Hall–Kier alpha value is -1.59. The standard InChI is InChI=1S/C11H17NO5/c1-16-10(14)6-12(7-11(15)17-2)9(13)5-8-3-4-8/h8H,3-7H2,1-2H3. The summed E-state index contributed by atoms with van der Waals surface area (Å²) in [5.41, 5.74) is 0. The third kappa shape index (κ3) is 4.84. The quantitative estimate of drug-likeness (QED) is 0.612. The maximum Gasteiger partial charge on any atom is 0.325 e. The second kappa shape index (κ2) is 6.22. The lowest BCUT2D eigenvalue weighted by Crippen LogP contribution is -2.40. The molecule has 1 rings (SSSR count). The fraction of sp³-hybridized carbons (Fsp3) is 0.727. The summed E-state index contributed by atoms with van der Waals surface area (Å²) in [5.74, 6) is -0.889. The van der Waals surface area contributed by atoms with Gasteiger partial charge in [-0.05, 0) is 18.8 Å². The van der Waals surface area contributed by atoms with Crippen LogP contribution in [0, 0.1) is 5.92 Å². The van der Waals surface area contributed by atoms with Crippen LogP contribution in [0.4, 0.5) is 0 Å². The summed E-state index contributed by atoms with van der Waals surface area (Å²) in [4.78, 5) is 35.2. The first-order valence-electron chi connectivity index (χ1n) is 5.48. The average molecular weight is 243 g/mol. The predicted molar refractivity (Wildman–Crippen MR) is 58.0 cm³/mol. The van der Waals surface area contributed by atoms with Crippen LogP contribution in [0.15, 0.2) is 0 Å². The SMILES string of the molecule is COC(=O)CN(CC(=O)OC)C(=O)CC1CC1. The van der Waals surface area contributed by atoms with E-state index in [0.29, 0.717) is 12.3 Å². The second-order valence-corrected chi connectivity index (χ2v) is 4.05. The number of carbonyl (C=O) groups is 3. The number of amides is 1. The van der Waals surface area contributed by atoms with Crippen LogP contribution in [0.1, 0.15) is 19.3 Å². The van der Waals surface area contributed by atoms with Crippen molar-refractivity contribution in [3.05, 3.63) is 0 Å². The summed E-state index contributed by atoms with van der Waals surface area (Å²) in [6.07, 6.45) is 2.46. The zero-order valence-corrected chi connectivity index (χ0v) is 10.1. The molecule has 6 nitrogen and oxygen atoms in total. The van der Waals surface area contributed by atoms with Gasteiger partial charge in [0.05, 0.1) is 14.2 Å². The van der Waals surface area contributed by atoms with Gasteiger partial charge in [0, 0.05) is 6.42 Å². The molecule has 17 heavy (non-hydrogen) atoms. The van der Waals surface area contributed by atoms with Gasteiger partial charge >= 0.3 is 11.9 Å².